The van der Waals surface area contributed by atoms with Crippen LogP contribution in [-0.2, 0) is 6.54 Å². The van der Waals surface area contributed by atoms with E-state index < -0.39 is 0 Å². The van der Waals surface area contributed by atoms with Crippen LogP contribution in [0.25, 0.3) is 0 Å². The first-order valence-corrected chi connectivity index (χ1v) is 8.43. The molecule has 2 rings (SSSR count). The van der Waals surface area contributed by atoms with Crippen molar-refractivity contribution in [1.82, 2.24) is 10.2 Å². The van der Waals surface area contributed by atoms with Gasteiger partial charge in [0.25, 0.3) is 0 Å². The molecular weight excluding hydrogens is 314 g/mol. The second-order valence-corrected chi connectivity index (χ2v) is 6.39. The Labute approximate surface area is 131 Å². The van der Waals surface area contributed by atoms with Crippen molar-refractivity contribution in [2.24, 2.45) is 0 Å². The van der Waals surface area contributed by atoms with Crippen LogP contribution >= 0.6 is 15.9 Å². The van der Waals surface area contributed by atoms with Gasteiger partial charge in [-0.1, -0.05) is 29.8 Å². The van der Waals surface area contributed by atoms with Crippen LogP contribution in [0, 0.1) is 0 Å². The van der Waals surface area contributed by atoms with Gasteiger partial charge >= 0.3 is 0 Å². The maximum Gasteiger partial charge on any atom is 0.0413 e. The molecule has 4 heteroatoms. The Morgan fingerprint density at radius 3 is 2.75 bits per heavy atom. The van der Waals surface area contributed by atoms with Crippen LogP contribution < -0.4 is 10.2 Å². The van der Waals surface area contributed by atoms with E-state index in [1.54, 1.807) is 0 Å². The predicted molar refractivity (Wildman–Crippen MR) is 90.4 cm³/mol. The third-order valence-electron chi connectivity index (χ3n) is 4.12. The number of hydrogen-bond acceptors (Lipinski definition) is 3. The smallest absolute Gasteiger partial charge is 0.0413 e. The molecule has 1 aromatic rings. The number of piperazine rings is 1. The van der Waals surface area contributed by atoms with Gasteiger partial charge in [0, 0.05) is 42.4 Å². The highest BCUT2D eigenvalue weighted by Gasteiger charge is 2.23. The van der Waals surface area contributed by atoms with Crippen molar-refractivity contribution >= 4 is 21.6 Å². The van der Waals surface area contributed by atoms with Gasteiger partial charge in [-0.2, -0.15) is 0 Å². The zero-order valence-corrected chi connectivity index (χ0v) is 14.4. The number of hydrogen-bond donors (Lipinski definition) is 1. The molecule has 0 aromatic heterocycles. The van der Waals surface area contributed by atoms with Crippen molar-refractivity contribution in [1.29, 1.82) is 0 Å². The SMILES string of the molecule is CCNCc1cc(Br)ccc1N1CCN(CC)C(C)C1. The van der Waals surface area contributed by atoms with Crippen molar-refractivity contribution in [3.05, 3.63) is 28.2 Å². The fraction of sp³-hybridized carbons (Fsp3) is 0.625. The summed E-state index contributed by atoms with van der Waals surface area (Å²) in [5.74, 6) is 0. The molecular formula is C16H26BrN3. The molecule has 1 atom stereocenters. The number of rotatable bonds is 5. The van der Waals surface area contributed by atoms with E-state index in [2.05, 4.69) is 70.0 Å². The number of benzene rings is 1. The van der Waals surface area contributed by atoms with E-state index in [0.717, 1.165) is 43.7 Å². The summed E-state index contributed by atoms with van der Waals surface area (Å²) in [6, 6.07) is 7.28. The summed E-state index contributed by atoms with van der Waals surface area (Å²) in [4.78, 5) is 5.09. The molecule has 20 heavy (non-hydrogen) atoms. The van der Waals surface area contributed by atoms with Crippen LogP contribution in [0.1, 0.15) is 26.3 Å². The Hall–Kier alpha value is -0.580. The average Bonchev–Trinajstić information content (AvgIpc) is 2.45. The minimum Gasteiger partial charge on any atom is -0.368 e. The van der Waals surface area contributed by atoms with Gasteiger partial charge in [0.2, 0.25) is 0 Å². The van der Waals surface area contributed by atoms with Gasteiger partial charge in [-0.3, -0.25) is 4.90 Å². The molecule has 0 spiro atoms. The first kappa shape index (κ1) is 15.8. The number of halogens is 1. The normalized spacial score (nSPS) is 20.4. The van der Waals surface area contributed by atoms with E-state index in [0.29, 0.717) is 6.04 Å². The van der Waals surface area contributed by atoms with Crippen molar-refractivity contribution in [3.8, 4) is 0 Å². The summed E-state index contributed by atoms with van der Waals surface area (Å²) < 4.78 is 1.16. The Balaban J connectivity index is 2.15. The number of nitrogens with one attached hydrogen (secondary N) is 1. The van der Waals surface area contributed by atoms with E-state index in [1.807, 2.05) is 0 Å². The second kappa shape index (κ2) is 7.43. The lowest BCUT2D eigenvalue weighted by atomic mass is 10.1. The van der Waals surface area contributed by atoms with Crippen molar-refractivity contribution in [2.75, 3.05) is 37.6 Å². The van der Waals surface area contributed by atoms with Gasteiger partial charge in [-0.05, 0) is 43.8 Å². The summed E-state index contributed by atoms with van der Waals surface area (Å²) in [7, 11) is 0. The summed E-state index contributed by atoms with van der Waals surface area (Å²) in [6.45, 7) is 13.2. The van der Waals surface area contributed by atoms with Crippen molar-refractivity contribution < 1.29 is 0 Å². The fourth-order valence-corrected chi connectivity index (χ4v) is 3.36. The molecule has 1 saturated heterocycles. The minimum absolute atomic E-state index is 0.629. The van der Waals surface area contributed by atoms with Crippen molar-refractivity contribution in [3.63, 3.8) is 0 Å². The molecule has 1 aliphatic heterocycles. The predicted octanol–water partition coefficient (Wildman–Crippen LogP) is 3.09. The van der Waals surface area contributed by atoms with Crippen LogP contribution in [0.4, 0.5) is 5.69 Å². The molecule has 1 heterocycles. The number of nitrogens with zero attached hydrogens (tertiary/aromatic N) is 2. The molecule has 1 aliphatic rings. The maximum absolute atomic E-state index is 3.59. The Kier molecular flexibility index (Phi) is 5.87. The zero-order valence-electron chi connectivity index (χ0n) is 12.8. The number of anilines is 1. The largest absolute Gasteiger partial charge is 0.368 e. The molecule has 0 aliphatic carbocycles. The third kappa shape index (κ3) is 3.74. The molecule has 0 amide bonds. The molecule has 112 valence electrons. The van der Waals surface area contributed by atoms with Crippen LogP contribution in [-0.4, -0.2) is 43.7 Å². The van der Waals surface area contributed by atoms with Gasteiger partial charge in [0.1, 0.15) is 0 Å². The molecule has 0 radical (unpaired) electrons. The van der Waals surface area contributed by atoms with Crippen LogP contribution in [0.15, 0.2) is 22.7 Å². The van der Waals surface area contributed by atoms with Crippen LogP contribution in [0.3, 0.4) is 0 Å². The molecule has 0 saturated carbocycles. The van der Waals surface area contributed by atoms with Crippen LogP contribution in [0.5, 0.6) is 0 Å². The lowest BCUT2D eigenvalue weighted by Crippen LogP contribution is -2.52. The third-order valence-corrected chi connectivity index (χ3v) is 4.61. The van der Waals surface area contributed by atoms with Gasteiger partial charge in [-0.15, -0.1) is 0 Å². The molecule has 1 fully saturated rings. The fourth-order valence-electron chi connectivity index (χ4n) is 2.95. The summed E-state index contributed by atoms with van der Waals surface area (Å²) in [5.41, 5.74) is 2.77. The Bertz CT molecular complexity index is 436. The zero-order chi connectivity index (χ0) is 14.5. The van der Waals surface area contributed by atoms with E-state index in [-0.39, 0.29) is 0 Å². The molecule has 1 N–H and O–H groups in total. The Morgan fingerprint density at radius 1 is 1.30 bits per heavy atom. The molecule has 1 unspecified atom stereocenters. The van der Waals surface area contributed by atoms with E-state index in [1.165, 1.54) is 11.3 Å². The van der Waals surface area contributed by atoms with E-state index in [4.69, 9.17) is 0 Å². The first-order valence-electron chi connectivity index (χ1n) is 7.63. The standard InChI is InChI=1S/C16H26BrN3/c1-4-18-11-14-10-15(17)6-7-16(14)20-9-8-19(5-2)13(3)12-20/h6-7,10,13,18H,4-5,8-9,11-12H2,1-3H3. The van der Waals surface area contributed by atoms with E-state index >= 15 is 0 Å². The molecule has 1 aromatic carbocycles. The highest BCUT2D eigenvalue weighted by atomic mass is 79.9. The minimum atomic E-state index is 0.629. The lowest BCUT2D eigenvalue weighted by Gasteiger charge is -2.41. The maximum atomic E-state index is 3.59. The topological polar surface area (TPSA) is 18.5 Å². The summed E-state index contributed by atoms with van der Waals surface area (Å²) in [5, 5.41) is 3.44. The Morgan fingerprint density at radius 2 is 2.10 bits per heavy atom. The van der Waals surface area contributed by atoms with Crippen LogP contribution in [0.2, 0.25) is 0 Å². The monoisotopic (exact) mass is 339 g/mol. The van der Waals surface area contributed by atoms with Gasteiger partial charge in [-0.25, -0.2) is 0 Å². The highest BCUT2D eigenvalue weighted by molar-refractivity contribution is 9.10. The highest BCUT2D eigenvalue weighted by Crippen LogP contribution is 2.26. The molecule has 3 nitrogen and oxygen atoms in total. The van der Waals surface area contributed by atoms with Gasteiger partial charge in [0.15, 0.2) is 0 Å². The quantitative estimate of drug-likeness (QED) is 0.889. The van der Waals surface area contributed by atoms with E-state index in [9.17, 15) is 0 Å². The van der Waals surface area contributed by atoms with Gasteiger partial charge in [0.05, 0.1) is 0 Å². The summed E-state index contributed by atoms with van der Waals surface area (Å²) >= 11 is 3.59. The summed E-state index contributed by atoms with van der Waals surface area (Å²) in [6.07, 6.45) is 0. The van der Waals surface area contributed by atoms with Crippen molar-refractivity contribution in [2.45, 2.75) is 33.4 Å². The lowest BCUT2D eigenvalue weighted by molar-refractivity contribution is 0.199. The number of likely N-dealkylation sites (N-methyl/N-ethyl adjacent to an activating group) is 1. The molecule has 0 bridgehead atoms. The average molecular weight is 340 g/mol. The second-order valence-electron chi connectivity index (χ2n) is 5.48. The van der Waals surface area contributed by atoms with Gasteiger partial charge < -0.3 is 10.2 Å². The first-order chi connectivity index (χ1) is 9.65.